The topological polar surface area (TPSA) is 35.5 Å². The maximum absolute atomic E-state index is 14.3. The molecule has 4 atom stereocenters. The average molecular weight is 459 g/mol. The van der Waals surface area contributed by atoms with Gasteiger partial charge in [0.1, 0.15) is 12.4 Å². The number of esters is 1. The second kappa shape index (κ2) is 10.8. The Morgan fingerprint density at radius 3 is 2.30 bits per heavy atom. The summed E-state index contributed by atoms with van der Waals surface area (Å²) in [5.74, 6) is 0.234. The quantitative estimate of drug-likeness (QED) is 0.245. The summed E-state index contributed by atoms with van der Waals surface area (Å²) in [4.78, 5) is 13.0. The predicted molar refractivity (Wildman–Crippen MR) is 125 cm³/mol. The second-order valence-corrected chi connectivity index (χ2v) is 10.2. The van der Waals surface area contributed by atoms with Crippen molar-refractivity contribution in [3.63, 3.8) is 0 Å². The number of carbonyl (C=O) groups excluding carboxylic acids is 1. The van der Waals surface area contributed by atoms with Gasteiger partial charge in [0.15, 0.2) is 17.4 Å². The molecule has 0 radical (unpaired) electrons. The molecule has 3 nitrogen and oxygen atoms in total. The highest BCUT2D eigenvalue weighted by Crippen LogP contribution is 2.50. The van der Waals surface area contributed by atoms with Crippen molar-refractivity contribution in [2.45, 2.75) is 64.2 Å². The van der Waals surface area contributed by atoms with E-state index in [2.05, 4.69) is 19.2 Å². The van der Waals surface area contributed by atoms with Crippen LogP contribution in [0.2, 0.25) is 0 Å². The van der Waals surface area contributed by atoms with Crippen LogP contribution in [0, 0.1) is 47.1 Å². The van der Waals surface area contributed by atoms with Crippen molar-refractivity contribution in [2.24, 2.45) is 35.5 Å². The summed E-state index contributed by atoms with van der Waals surface area (Å²) < 4.78 is 39.0. The zero-order valence-electron chi connectivity index (χ0n) is 19.4. The van der Waals surface area contributed by atoms with Crippen molar-refractivity contribution >= 4 is 5.97 Å². The van der Waals surface area contributed by atoms with Crippen LogP contribution in [0.4, 0.5) is 8.78 Å². The van der Waals surface area contributed by atoms with E-state index in [1.807, 2.05) is 0 Å². The standard InChI is InChI=1S/C28H36F2O3/c1-3-14-32-27-25(29)16-22(17-26(27)30)33-28(31)24-7-5-6-21-15-20(12-13-23(21)24)19-10-8-18(4-2)9-11-19/h3-4,16-21,23-24H,1-2,5-15H2. The third-order valence-corrected chi connectivity index (χ3v) is 8.34. The number of hydrogen-bond donors (Lipinski definition) is 0. The molecule has 0 aliphatic heterocycles. The number of allylic oxidation sites excluding steroid dienone is 1. The highest BCUT2D eigenvalue weighted by atomic mass is 19.1. The molecule has 0 bridgehead atoms. The SMILES string of the molecule is C=CCOc1c(F)cc(OC(=O)C2CCCC3CC(C4CCC(C=C)CC4)CCC32)cc1F. The normalized spacial score (nSPS) is 31.8. The van der Waals surface area contributed by atoms with E-state index < -0.39 is 17.4 Å². The molecule has 0 aromatic heterocycles. The van der Waals surface area contributed by atoms with Gasteiger partial charge in [-0.05, 0) is 81.0 Å². The number of ether oxygens (including phenoxy) is 2. The zero-order valence-corrected chi connectivity index (χ0v) is 19.4. The molecule has 3 fully saturated rings. The number of rotatable bonds is 7. The molecular weight excluding hydrogens is 422 g/mol. The van der Waals surface area contributed by atoms with Gasteiger partial charge in [0.05, 0.1) is 5.92 Å². The van der Waals surface area contributed by atoms with Crippen LogP contribution >= 0.6 is 0 Å². The van der Waals surface area contributed by atoms with Gasteiger partial charge in [0.2, 0.25) is 0 Å². The Balaban J connectivity index is 1.37. The lowest BCUT2D eigenvalue weighted by molar-refractivity contribution is -0.144. The Morgan fingerprint density at radius 2 is 1.64 bits per heavy atom. The van der Waals surface area contributed by atoms with Crippen molar-refractivity contribution in [1.29, 1.82) is 0 Å². The Hall–Kier alpha value is -2.17. The van der Waals surface area contributed by atoms with Crippen LogP contribution in [0.5, 0.6) is 11.5 Å². The largest absolute Gasteiger partial charge is 0.483 e. The first-order chi connectivity index (χ1) is 16.0. The fraction of sp³-hybridized carbons (Fsp3) is 0.607. The highest BCUT2D eigenvalue weighted by molar-refractivity contribution is 5.75. The van der Waals surface area contributed by atoms with Crippen LogP contribution < -0.4 is 9.47 Å². The minimum atomic E-state index is -0.882. The van der Waals surface area contributed by atoms with Crippen LogP contribution in [0.3, 0.4) is 0 Å². The Bertz CT molecular complexity index is 836. The van der Waals surface area contributed by atoms with Crippen LogP contribution in [0.1, 0.15) is 64.2 Å². The van der Waals surface area contributed by atoms with E-state index in [4.69, 9.17) is 9.47 Å². The predicted octanol–water partition coefficient (Wildman–Crippen LogP) is 7.26. The number of hydrogen-bond acceptors (Lipinski definition) is 3. The van der Waals surface area contributed by atoms with Crippen LogP contribution in [0.15, 0.2) is 37.4 Å². The van der Waals surface area contributed by atoms with Crippen molar-refractivity contribution < 1.29 is 23.0 Å². The van der Waals surface area contributed by atoms with Crippen molar-refractivity contribution in [2.75, 3.05) is 6.61 Å². The van der Waals surface area contributed by atoms with Crippen molar-refractivity contribution in [3.8, 4) is 11.5 Å². The minimum Gasteiger partial charge on any atom is -0.483 e. The smallest absolute Gasteiger partial charge is 0.314 e. The molecule has 1 aromatic carbocycles. The lowest BCUT2D eigenvalue weighted by Gasteiger charge is -2.45. The summed E-state index contributed by atoms with van der Waals surface area (Å²) in [6, 6.07) is 2.05. The number of benzene rings is 1. The van der Waals surface area contributed by atoms with Crippen LogP contribution in [0.25, 0.3) is 0 Å². The monoisotopic (exact) mass is 458 g/mol. The Labute approximate surface area is 196 Å². The second-order valence-electron chi connectivity index (χ2n) is 10.2. The van der Waals surface area contributed by atoms with Gasteiger partial charge in [-0.1, -0.05) is 31.6 Å². The molecule has 0 N–H and O–H groups in total. The van der Waals surface area contributed by atoms with Crippen molar-refractivity contribution in [3.05, 3.63) is 49.1 Å². The van der Waals surface area contributed by atoms with E-state index in [9.17, 15) is 13.6 Å². The molecule has 4 rings (SSSR count). The van der Waals surface area contributed by atoms with Crippen molar-refractivity contribution in [1.82, 2.24) is 0 Å². The molecule has 180 valence electrons. The van der Waals surface area contributed by atoms with E-state index in [1.54, 1.807) is 0 Å². The fourth-order valence-electron chi connectivity index (χ4n) is 6.64. The molecule has 0 amide bonds. The lowest BCUT2D eigenvalue weighted by Crippen LogP contribution is -2.40. The van der Waals surface area contributed by atoms with Gasteiger partial charge in [-0.25, -0.2) is 8.78 Å². The highest BCUT2D eigenvalue weighted by Gasteiger charge is 2.43. The Morgan fingerprint density at radius 1 is 0.939 bits per heavy atom. The molecule has 3 aliphatic rings. The summed E-state index contributed by atoms with van der Waals surface area (Å²) in [6.45, 7) is 7.43. The minimum absolute atomic E-state index is 0.00515. The fourth-order valence-corrected chi connectivity index (χ4v) is 6.64. The van der Waals surface area contributed by atoms with Gasteiger partial charge in [-0.2, -0.15) is 0 Å². The van der Waals surface area contributed by atoms with E-state index in [0.29, 0.717) is 17.8 Å². The van der Waals surface area contributed by atoms with E-state index in [0.717, 1.165) is 43.2 Å². The van der Waals surface area contributed by atoms with E-state index >= 15 is 0 Å². The first-order valence-corrected chi connectivity index (χ1v) is 12.6. The summed E-state index contributed by atoms with van der Waals surface area (Å²) in [6.07, 6.45) is 15.0. The summed E-state index contributed by atoms with van der Waals surface area (Å²) >= 11 is 0. The Kier molecular flexibility index (Phi) is 7.87. The van der Waals surface area contributed by atoms with E-state index in [1.165, 1.54) is 51.0 Å². The summed E-state index contributed by atoms with van der Waals surface area (Å²) in [5, 5.41) is 0. The van der Waals surface area contributed by atoms with Gasteiger partial charge in [-0.15, -0.1) is 6.58 Å². The van der Waals surface area contributed by atoms with Gasteiger partial charge in [0, 0.05) is 12.1 Å². The lowest BCUT2D eigenvalue weighted by atomic mass is 9.59. The zero-order chi connectivity index (χ0) is 23.4. The summed E-state index contributed by atoms with van der Waals surface area (Å²) in [7, 11) is 0. The van der Waals surface area contributed by atoms with Crippen LogP contribution in [-0.4, -0.2) is 12.6 Å². The molecule has 5 heteroatoms. The van der Waals surface area contributed by atoms with E-state index in [-0.39, 0.29) is 24.2 Å². The first kappa shape index (κ1) is 24.0. The molecule has 0 saturated heterocycles. The van der Waals surface area contributed by atoms with Gasteiger partial charge >= 0.3 is 5.97 Å². The molecule has 0 heterocycles. The molecule has 3 aliphatic carbocycles. The van der Waals surface area contributed by atoms with Gasteiger partial charge in [0.25, 0.3) is 0 Å². The van der Waals surface area contributed by atoms with Gasteiger partial charge < -0.3 is 9.47 Å². The first-order valence-electron chi connectivity index (χ1n) is 12.6. The maximum atomic E-state index is 14.3. The maximum Gasteiger partial charge on any atom is 0.314 e. The summed E-state index contributed by atoms with van der Waals surface area (Å²) in [5.41, 5.74) is 0. The number of fused-ring (bicyclic) bond motifs is 1. The third kappa shape index (κ3) is 5.50. The molecule has 0 spiro atoms. The van der Waals surface area contributed by atoms with Gasteiger partial charge in [-0.3, -0.25) is 4.79 Å². The van der Waals surface area contributed by atoms with Crippen LogP contribution in [-0.2, 0) is 4.79 Å². The average Bonchev–Trinajstić information content (AvgIpc) is 2.83. The molecule has 33 heavy (non-hydrogen) atoms. The molecule has 4 unspecified atom stereocenters. The molecule has 3 saturated carbocycles. The molecule has 1 aromatic rings. The third-order valence-electron chi connectivity index (χ3n) is 8.34. The molecular formula is C28H36F2O3. The number of carbonyl (C=O) groups is 1. The number of halogens is 2.